The zero-order valence-electron chi connectivity index (χ0n) is 16.6. The smallest absolute Gasteiger partial charge is 0.331 e. The molecule has 0 bridgehead atoms. The van der Waals surface area contributed by atoms with Crippen molar-refractivity contribution in [3.05, 3.63) is 71.8 Å². The van der Waals surface area contributed by atoms with Crippen LogP contribution in [-0.4, -0.2) is 36.0 Å². The molecule has 0 heterocycles. The highest BCUT2D eigenvalue weighted by Crippen LogP contribution is 2.13. The third kappa shape index (κ3) is 7.51. The summed E-state index contributed by atoms with van der Waals surface area (Å²) in [5.74, 6) is -0.264. The summed E-state index contributed by atoms with van der Waals surface area (Å²) in [5.41, 5.74) is 1.79. The van der Waals surface area contributed by atoms with Gasteiger partial charge in [-0.2, -0.15) is 5.26 Å². The van der Waals surface area contributed by atoms with Gasteiger partial charge in [-0.3, -0.25) is 4.79 Å². The number of benzene rings is 2. The Balaban J connectivity index is 1.85. The molecule has 0 saturated heterocycles. The lowest BCUT2D eigenvalue weighted by Gasteiger charge is -2.26. The van der Waals surface area contributed by atoms with Gasteiger partial charge in [0, 0.05) is 18.7 Å². The Bertz CT molecular complexity index is 868. The van der Waals surface area contributed by atoms with E-state index in [1.54, 1.807) is 35.2 Å². The van der Waals surface area contributed by atoms with Crippen molar-refractivity contribution in [2.45, 2.75) is 26.4 Å². The van der Waals surface area contributed by atoms with Gasteiger partial charge >= 0.3 is 5.97 Å². The second-order valence-electron chi connectivity index (χ2n) is 6.56. The molecule has 0 aliphatic heterocycles. The normalized spacial score (nSPS) is 10.6. The van der Waals surface area contributed by atoms with E-state index in [1.165, 1.54) is 6.08 Å². The summed E-state index contributed by atoms with van der Waals surface area (Å²) < 4.78 is 10.3. The Kier molecular flexibility index (Phi) is 8.46. The van der Waals surface area contributed by atoms with Gasteiger partial charge in [-0.25, -0.2) is 4.79 Å². The van der Waals surface area contributed by atoms with Crippen molar-refractivity contribution in [2.75, 3.05) is 13.2 Å². The molecule has 0 aliphatic rings. The van der Waals surface area contributed by atoms with Crippen molar-refractivity contribution in [1.29, 1.82) is 5.26 Å². The molecule has 6 nitrogen and oxygen atoms in total. The first-order valence-electron chi connectivity index (χ1n) is 9.27. The van der Waals surface area contributed by atoms with Gasteiger partial charge in [0.25, 0.3) is 5.91 Å². The van der Waals surface area contributed by atoms with E-state index in [2.05, 4.69) is 0 Å². The second kappa shape index (κ2) is 11.3. The molecule has 0 spiro atoms. The number of ether oxygens (including phenoxy) is 2. The lowest BCUT2D eigenvalue weighted by atomic mass is 10.2. The summed E-state index contributed by atoms with van der Waals surface area (Å²) in [5, 5.41) is 8.49. The molecule has 0 aromatic heterocycles. The standard InChI is InChI=1S/C23H24N2O4/c1-18(2)25(16-20-6-4-3-5-7-20)22(26)17-29-23(27)13-10-19-8-11-21(12-9-19)28-15-14-24/h3-13,18H,15-17H2,1-2H3/b13-10+. The van der Waals surface area contributed by atoms with E-state index in [-0.39, 0.29) is 25.2 Å². The van der Waals surface area contributed by atoms with Gasteiger partial charge in [0.15, 0.2) is 13.2 Å². The zero-order chi connectivity index (χ0) is 21.1. The number of carbonyl (C=O) groups is 2. The molecule has 2 rings (SSSR count). The maximum Gasteiger partial charge on any atom is 0.331 e. The first-order chi connectivity index (χ1) is 14.0. The number of amides is 1. The lowest BCUT2D eigenvalue weighted by molar-refractivity contribution is -0.149. The van der Waals surface area contributed by atoms with Gasteiger partial charge in [-0.05, 0) is 43.2 Å². The minimum absolute atomic E-state index is 0.0151. The van der Waals surface area contributed by atoms with E-state index in [0.29, 0.717) is 12.3 Å². The van der Waals surface area contributed by atoms with Crippen LogP contribution in [0, 0.1) is 11.3 Å². The number of hydrogen-bond donors (Lipinski definition) is 0. The average molecular weight is 392 g/mol. The van der Waals surface area contributed by atoms with Crippen LogP contribution in [0.4, 0.5) is 0 Å². The molecular formula is C23H24N2O4. The van der Waals surface area contributed by atoms with Gasteiger partial charge in [0.1, 0.15) is 11.8 Å². The van der Waals surface area contributed by atoms with Crippen LogP contribution in [0.2, 0.25) is 0 Å². The molecule has 2 aromatic carbocycles. The molecule has 0 fully saturated rings. The maximum absolute atomic E-state index is 12.5. The average Bonchev–Trinajstić information content (AvgIpc) is 2.74. The molecule has 0 radical (unpaired) electrons. The summed E-state index contributed by atoms with van der Waals surface area (Å²) in [6.45, 7) is 3.98. The SMILES string of the molecule is CC(C)N(Cc1ccccc1)C(=O)COC(=O)/C=C/c1ccc(OCC#N)cc1. The topological polar surface area (TPSA) is 79.6 Å². The number of esters is 1. The molecule has 0 saturated carbocycles. The van der Waals surface area contributed by atoms with E-state index in [9.17, 15) is 9.59 Å². The van der Waals surface area contributed by atoms with Crippen LogP contribution in [-0.2, 0) is 20.9 Å². The first kappa shape index (κ1) is 21.7. The second-order valence-corrected chi connectivity index (χ2v) is 6.56. The number of rotatable bonds is 9. The molecule has 2 aromatic rings. The third-order valence-corrected chi connectivity index (χ3v) is 4.07. The van der Waals surface area contributed by atoms with E-state index in [1.807, 2.05) is 50.2 Å². The Morgan fingerprint density at radius 3 is 2.41 bits per heavy atom. The number of carbonyl (C=O) groups excluding carboxylic acids is 2. The van der Waals surface area contributed by atoms with Gasteiger partial charge < -0.3 is 14.4 Å². The summed E-state index contributed by atoms with van der Waals surface area (Å²) in [6, 6.07) is 18.5. The van der Waals surface area contributed by atoms with Crippen LogP contribution in [0.5, 0.6) is 5.75 Å². The van der Waals surface area contributed by atoms with Crippen LogP contribution < -0.4 is 4.74 Å². The fraction of sp³-hybridized carbons (Fsp3) is 0.261. The van der Waals surface area contributed by atoms with Crippen molar-refractivity contribution in [2.24, 2.45) is 0 Å². The minimum Gasteiger partial charge on any atom is -0.479 e. The van der Waals surface area contributed by atoms with Crippen LogP contribution in [0.3, 0.4) is 0 Å². The van der Waals surface area contributed by atoms with E-state index in [0.717, 1.165) is 11.1 Å². The predicted octanol–water partition coefficient (Wildman–Crippen LogP) is 3.58. The molecule has 0 aliphatic carbocycles. The van der Waals surface area contributed by atoms with E-state index in [4.69, 9.17) is 14.7 Å². The Morgan fingerprint density at radius 1 is 1.10 bits per heavy atom. The third-order valence-electron chi connectivity index (χ3n) is 4.07. The van der Waals surface area contributed by atoms with Crippen LogP contribution in [0.15, 0.2) is 60.7 Å². The van der Waals surface area contributed by atoms with E-state index < -0.39 is 5.97 Å². The van der Waals surface area contributed by atoms with Crippen molar-refractivity contribution in [3.63, 3.8) is 0 Å². The Hall–Kier alpha value is -3.59. The van der Waals surface area contributed by atoms with Crippen LogP contribution >= 0.6 is 0 Å². The van der Waals surface area contributed by atoms with Crippen molar-refractivity contribution in [3.8, 4) is 11.8 Å². The highest BCUT2D eigenvalue weighted by Gasteiger charge is 2.18. The Labute approximate surface area is 171 Å². The van der Waals surface area contributed by atoms with Gasteiger partial charge in [-0.1, -0.05) is 42.5 Å². The molecule has 0 atom stereocenters. The number of nitriles is 1. The highest BCUT2D eigenvalue weighted by atomic mass is 16.5. The van der Waals surface area contributed by atoms with Crippen LogP contribution in [0.25, 0.3) is 6.08 Å². The monoisotopic (exact) mass is 392 g/mol. The summed E-state index contributed by atoms with van der Waals surface area (Å²) in [6.07, 6.45) is 2.86. The van der Waals surface area contributed by atoms with Gasteiger partial charge in [0.05, 0.1) is 0 Å². The quantitative estimate of drug-likeness (QED) is 0.481. The number of nitrogens with zero attached hydrogens (tertiary/aromatic N) is 2. The predicted molar refractivity (Wildman–Crippen MR) is 110 cm³/mol. The largest absolute Gasteiger partial charge is 0.479 e. The zero-order valence-corrected chi connectivity index (χ0v) is 16.6. The van der Waals surface area contributed by atoms with Crippen LogP contribution in [0.1, 0.15) is 25.0 Å². The molecule has 0 N–H and O–H groups in total. The molecule has 150 valence electrons. The van der Waals surface area contributed by atoms with Crippen molar-refractivity contribution < 1.29 is 19.1 Å². The molecule has 29 heavy (non-hydrogen) atoms. The Morgan fingerprint density at radius 2 is 1.79 bits per heavy atom. The minimum atomic E-state index is -0.591. The van der Waals surface area contributed by atoms with Crippen molar-refractivity contribution in [1.82, 2.24) is 4.90 Å². The fourth-order valence-electron chi connectivity index (χ4n) is 2.56. The molecule has 0 unspecified atom stereocenters. The lowest BCUT2D eigenvalue weighted by Crippen LogP contribution is -2.39. The van der Waals surface area contributed by atoms with E-state index >= 15 is 0 Å². The van der Waals surface area contributed by atoms with Gasteiger partial charge in [-0.15, -0.1) is 0 Å². The number of hydrogen-bond acceptors (Lipinski definition) is 5. The fourth-order valence-corrected chi connectivity index (χ4v) is 2.56. The van der Waals surface area contributed by atoms with Gasteiger partial charge in [0.2, 0.25) is 0 Å². The summed E-state index contributed by atoms with van der Waals surface area (Å²) >= 11 is 0. The molecule has 6 heteroatoms. The highest BCUT2D eigenvalue weighted by molar-refractivity contribution is 5.89. The molecular weight excluding hydrogens is 368 g/mol. The summed E-state index contributed by atoms with van der Waals surface area (Å²) in [7, 11) is 0. The first-order valence-corrected chi connectivity index (χ1v) is 9.27. The summed E-state index contributed by atoms with van der Waals surface area (Å²) in [4.78, 5) is 26.1. The maximum atomic E-state index is 12.5. The molecule has 1 amide bonds. The van der Waals surface area contributed by atoms with Crippen molar-refractivity contribution >= 4 is 18.0 Å².